The van der Waals surface area contributed by atoms with E-state index in [0.29, 0.717) is 15.8 Å². The topological polar surface area (TPSA) is 81.3 Å². The summed E-state index contributed by atoms with van der Waals surface area (Å²) >= 11 is 7.25. The van der Waals surface area contributed by atoms with Gasteiger partial charge in [-0.2, -0.15) is 13.2 Å². The van der Waals surface area contributed by atoms with Crippen molar-refractivity contribution in [2.24, 2.45) is 0 Å². The molecule has 0 aliphatic heterocycles. The summed E-state index contributed by atoms with van der Waals surface area (Å²) in [6.45, 7) is -0.474. The molecular formula is C21H15ClF3N5O2S. The lowest BCUT2D eigenvalue weighted by Gasteiger charge is -2.09. The van der Waals surface area contributed by atoms with Gasteiger partial charge in [0.25, 0.3) is 0 Å². The summed E-state index contributed by atoms with van der Waals surface area (Å²) in [7, 11) is 0. The molecule has 7 nitrogen and oxygen atoms in total. The largest absolute Gasteiger partial charge is 0.416 e. The number of alkyl halides is 3. The first-order valence-corrected chi connectivity index (χ1v) is 10.9. The van der Waals surface area contributed by atoms with Crippen LogP contribution in [0.25, 0.3) is 5.65 Å². The molecule has 1 amide bonds. The Morgan fingerprint density at radius 1 is 1.15 bits per heavy atom. The van der Waals surface area contributed by atoms with Gasteiger partial charge in [0, 0.05) is 28.9 Å². The van der Waals surface area contributed by atoms with Crippen molar-refractivity contribution < 1.29 is 18.0 Å². The summed E-state index contributed by atoms with van der Waals surface area (Å²) in [6, 6.07) is 11.5. The van der Waals surface area contributed by atoms with E-state index in [9.17, 15) is 22.8 Å². The summed E-state index contributed by atoms with van der Waals surface area (Å²) in [6.07, 6.45) is -1.65. The van der Waals surface area contributed by atoms with Crippen molar-refractivity contribution in [2.45, 2.75) is 23.5 Å². The van der Waals surface area contributed by atoms with Crippen LogP contribution in [0.5, 0.6) is 0 Å². The average Bonchev–Trinajstić information content (AvgIpc) is 3.09. The van der Waals surface area contributed by atoms with Crippen molar-refractivity contribution in [3.05, 3.63) is 87.6 Å². The maximum absolute atomic E-state index is 12.9. The number of fused-ring (bicyclic) bond motifs is 1. The van der Waals surface area contributed by atoms with Gasteiger partial charge in [0.2, 0.25) is 5.91 Å². The van der Waals surface area contributed by atoms with Gasteiger partial charge in [-0.05, 0) is 35.9 Å². The Hall–Kier alpha value is -3.31. The van der Waals surface area contributed by atoms with E-state index < -0.39 is 29.9 Å². The van der Waals surface area contributed by atoms with Crippen molar-refractivity contribution in [3.8, 4) is 0 Å². The monoisotopic (exact) mass is 493 g/mol. The quantitative estimate of drug-likeness (QED) is 0.400. The number of nitrogens with zero attached hydrogens (tertiary/aromatic N) is 4. The molecule has 0 atom stereocenters. The Morgan fingerprint density at radius 3 is 2.64 bits per heavy atom. The second kappa shape index (κ2) is 9.28. The molecule has 0 spiro atoms. The molecule has 0 unspecified atom stereocenters. The van der Waals surface area contributed by atoms with Gasteiger partial charge in [0.15, 0.2) is 5.65 Å². The highest BCUT2D eigenvalue weighted by Gasteiger charge is 2.30. The number of hydrogen-bond acceptors (Lipinski definition) is 5. The number of carbonyl (C=O) groups excluding carboxylic acids is 1. The summed E-state index contributed by atoms with van der Waals surface area (Å²) < 4.78 is 40.8. The van der Waals surface area contributed by atoms with E-state index in [1.807, 2.05) is 12.1 Å². The minimum atomic E-state index is -4.54. The Bertz CT molecular complexity index is 1370. The number of hydrogen-bond donors (Lipinski definition) is 1. The SMILES string of the molecule is O=C(Cn1nc2c(SCc3ccc(Cl)cc3)nccn2c1=O)Nc1cccc(C(F)(F)F)c1. The molecule has 2 aromatic heterocycles. The van der Waals surface area contributed by atoms with Gasteiger partial charge in [-0.3, -0.25) is 4.79 Å². The van der Waals surface area contributed by atoms with Crippen LogP contribution in [0.1, 0.15) is 11.1 Å². The van der Waals surface area contributed by atoms with Gasteiger partial charge in [0.05, 0.1) is 5.56 Å². The van der Waals surface area contributed by atoms with Crippen molar-refractivity contribution in [2.75, 3.05) is 5.32 Å². The van der Waals surface area contributed by atoms with Crippen LogP contribution in [-0.4, -0.2) is 25.1 Å². The summed E-state index contributed by atoms with van der Waals surface area (Å²) in [5.41, 5.74) is -0.227. The molecule has 4 aromatic rings. The summed E-state index contributed by atoms with van der Waals surface area (Å²) in [5.74, 6) is -0.135. The first-order valence-electron chi connectivity index (χ1n) is 9.49. The van der Waals surface area contributed by atoms with Crippen LogP contribution in [0, 0.1) is 0 Å². The molecule has 0 fully saturated rings. The number of amides is 1. The molecule has 0 saturated carbocycles. The van der Waals surface area contributed by atoms with E-state index in [4.69, 9.17) is 11.6 Å². The molecule has 33 heavy (non-hydrogen) atoms. The Morgan fingerprint density at radius 2 is 1.91 bits per heavy atom. The van der Waals surface area contributed by atoms with Crippen LogP contribution in [0.4, 0.5) is 18.9 Å². The highest BCUT2D eigenvalue weighted by molar-refractivity contribution is 7.98. The molecular weight excluding hydrogens is 479 g/mol. The van der Waals surface area contributed by atoms with Crippen molar-refractivity contribution in [1.82, 2.24) is 19.2 Å². The number of carbonyl (C=O) groups is 1. The summed E-state index contributed by atoms with van der Waals surface area (Å²) in [4.78, 5) is 29.3. The first-order chi connectivity index (χ1) is 15.7. The van der Waals surface area contributed by atoms with Crippen molar-refractivity contribution in [1.29, 1.82) is 0 Å². The van der Waals surface area contributed by atoms with Gasteiger partial charge in [-0.25, -0.2) is 18.9 Å². The van der Waals surface area contributed by atoms with Gasteiger partial charge < -0.3 is 5.32 Å². The molecule has 0 radical (unpaired) electrons. The van der Waals surface area contributed by atoms with Crippen molar-refractivity contribution >= 4 is 40.6 Å². The van der Waals surface area contributed by atoms with Crippen LogP contribution >= 0.6 is 23.4 Å². The van der Waals surface area contributed by atoms with Gasteiger partial charge in [0.1, 0.15) is 11.6 Å². The normalized spacial score (nSPS) is 11.6. The number of benzene rings is 2. The molecule has 12 heteroatoms. The number of nitrogens with one attached hydrogen (secondary N) is 1. The van der Waals surface area contributed by atoms with Crippen LogP contribution in [0.3, 0.4) is 0 Å². The molecule has 0 saturated heterocycles. The second-order valence-corrected chi connectivity index (χ2v) is 8.31. The molecule has 0 bridgehead atoms. The minimum Gasteiger partial charge on any atom is -0.324 e. The zero-order valence-corrected chi connectivity index (χ0v) is 18.3. The molecule has 2 aromatic carbocycles. The molecule has 0 aliphatic carbocycles. The first kappa shape index (κ1) is 22.9. The number of halogens is 4. The zero-order valence-electron chi connectivity index (χ0n) is 16.7. The Labute approximate surface area is 194 Å². The number of aromatic nitrogens is 4. The minimum absolute atomic E-state index is 0.0347. The standard InChI is InChI=1S/C21H15ClF3N5O2S/c22-15-6-4-13(5-7-15)12-33-19-18-28-30(20(32)29(18)9-8-26-19)11-17(31)27-16-3-1-2-14(10-16)21(23,24)25/h1-10H,11-12H2,(H,27,31). The van der Waals surface area contributed by atoms with E-state index in [1.54, 1.807) is 12.1 Å². The van der Waals surface area contributed by atoms with Crippen LogP contribution in [-0.2, 0) is 23.3 Å². The molecule has 4 rings (SSSR count). The fourth-order valence-electron chi connectivity index (χ4n) is 2.97. The third-order valence-corrected chi connectivity index (χ3v) is 5.82. The number of anilines is 1. The third kappa shape index (κ3) is 5.37. The Balaban J connectivity index is 1.51. The maximum Gasteiger partial charge on any atom is 0.416 e. The molecule has 0 aliphatic rings. The predicted octanol–water partition coefficient (Wildman–Crippen LogP) is 4.49. The van der Waals surface area contributed by atoms with E-state index in [2.05, 4.69) is 15.4 Å². The predicted molar refractivity (Wildman–Crippen MR) is 118 cm³/mol. The average molecular weight is 494 g/mol. The van der Waals surface area contributed by atoms with Crippen molar-refractivity contribution in [3.63, 3.8) is 0 Å². The highest BCUT2D eigenvalue weighted by atomic mass is 35.5. The molecule has 2 heterocycles. The van der Waals surface area contributed by atoms with Crippen LogP contribution in [0.15, 0.2) is 70.7 Å². The van der Waals surface area contributed by atoms with E-state index >= 15 is 0 Å². The van der Waals surface area contributed by atoms with Gasteiger partial charge in [-0.1, -0.05) is 41.6 Å². The molecule has 170 valence electrons. The lowest BCUT2D eigenvalue weighted by atomic mass is 10.2. The van der Waals surface area contributed by atoms with E-state index in [-0.39, 0.29) is 11.3 Å². The van der Waals surface area contributed by atoms with E-state index in [0.717, 1.165) is 22.4 Å². The lowest BCUT2D eigenvalue weighted by molar-refractivity contribution is -0.137. The highest BCUT2D eigenvalue weighted by Crippen LogP contribution is 2.30. The molecule has 1 N–H and O–H groups in total. The number of thioether (sulfide) groups is 1. The smallest absolute Gasteiger partial charge is 0.324 e. The Kier molecular flexibility index (Phi) is 6.43. The van der Waals surface area contributed by atoms with E-state index in [1.165, 1.54) is 40.7 Å². The van der Waals surface area contributed by atoms with Gasteiger partial charge >= 0.3 is 11.9 Å². The fraction of sp³-hybridized carbons (Fsp3) is 0.143. The lowest BCUT2D eigenvalue weighted by Crippen LogP contribution is -2.28. The maximum atomic E-state index is 12.9. The van der Waals surface area contributed by atoms with Crippen LogP contribution < -0.4 is 11.0 Å². The second-order valence-electron chi connectivity index (χ2n) is 6.91. The summed E-state index contributed by atoms with van der Waals surface area (Å²) in [5, 5.41) is 7.67. The third-order valence-electron chi connectivity index (χ3n) is 4.53. The van der Waals surface area contributed by atoms with Crippen LogP contribution in [0.2, 0.25) is 5.02 Å². The number of rotatable bonds is 6. The van der Waals surface area contributed by atoms with Gasteiger partial charge in [-0.15, -0.1) is 5.10 Å². The fourth-order valence-corrected chi connectivity index (χ4v) is 4.00. The zero-order chi connectivity index (χ0) is 23.6.